The third-order valence-electron chi connectivity index (χ3n) is 3.16. The van der Waals surface area contributed by atoms with Gasteiger partial charge in [0.2, 0.25) is 0 Å². The van der Waals surface area contributed by atoms with E-state index in [1.165, 1.54) is 48.5 Å². The van der Waals surface area contributed by atoms with E-state index in [2.05, 4.69) is 10.6 Å². The van der Waals surface area contributed by atoms with Crippen molar-refractivity contribution in [3.63, 3.8) is 0 Å². The van der Waals surface area contributed by atoms with Crippen molar-refractivity contribution in [1.82, 2.24) is 0 Å². The molecule has 2 rings (SSSR count). The Hall–Kier alpha value is -4.26. The summed E-state index contributed by atoms with van der Waals surface area (Å²) < 4.78 is 0. The number of nitrogens with one attached hydrogen (secondary N) is 2. The molecule has 0 fully saturated rings. The van der Waals surface area contributed by atoms with Crippen molar-refractivity contribution >= 4 is 28.7 Å². The fourth-order valence-electron chi connectivity index (χ4n) is 1.85. The van der Waals surface area contributed by atoms with Gasteiger partial charge in [-0.2, -0.15) is 5.26 Å². The third kappa shape index (κ3) is 4.62. The van der Waals surface area contributed by atoms with Crippen LogP contribution in [0.2, 0.25) is 0 Å². The van der Waals surface area contributed by atoms with Crippen LogP contribution in [0.15, 0.2) is 60.3 Å². The Kier molecular flexibility index (Phi) is 5.58. The van der Waals surface area contributed by atoms with Crippen LogP contribution in [-0.2, 0) is 4.79 Å². The molecule has 0 unspecified atom stereocenters. The summed E-state index contributed by atoms with van der Waals surface area (Å²) in [5.74, 6) is -0.712. The van der Waals surface area contributed by atoms with Gasteiger partial charge in [-0.25, -0.2) is 0 Å². The molecule has 0 radical (unpaired) electrons. The monoisotopic (exact) mass is 353 g/mol. The molecule has 2 N–H and O–H groups in total. The standard InChI is InChI=1S/C16H11N5O5/c17-9-11(10-18-12-1-5-14(6-2-12)20(23)24)16(22)19-13-3-7-15(8-4-13)21(25)26/h1-8,10,18H,(H,19,22)/b11-10-. The van der Waals surface area contributed by atoms with Gasteiger partial charge < -0.3 is 10.6 Å². The smallest absolute Gasteiger partial charge is 0.269 e. The number of amides is 1. The average Bonchev–Trinajstić information content (AvgIpc) is 2.63. The first-order valence-corrected chi connectivity index (χ1v) is 7.08. The summed E-state index contributed by atoms with van der Waals surface area (Å²) in [5.41, 5.74) is 0.278. The predicted octanol–water partition coefficient (Wildman–Crippen LogP) is 2.96. The second kappa shape index (κ2) is 8.02. The minimum atomic E-state index is -0.712. The van der Waals surface area contributed by atoms with E-state index < -0.39 is 15.8 Å². The van der Waals surface area contributed by atoms with Gasteiger partial charge in [-0.15, -0.1) is 0 Å². The summed E-state index contributed by atoms with van der Waals surface area (Å²) in [6, 6.07) is 12.3. The van der Waals surface area contributed by atoms with Crippen molar-refractivity contribution in [3.8, 4) is 6.07 Å². The van der Waals surface area contributed by atoms with Crippen LogP contribution in [0.3, 0.4) is 0 Å². The van der Waals surface area contributed by atoms with Crippen molar-refractivity contribution in [3.05, 3.63) is 80.5 Å². The molecule has 0 bridgehead atoms. The average molecular weight is 353 g/mol. The summed E-state index contributed by atoms with van der Waals surface area (Å²) in [4.78, 5) is 32.1. The molecule has 1 amide bonds. The minimum Gasteiger partial charge on any atom is -0.360 e. The molecule has 0 saturated heterocycles. The summed E-state index contributed by atoms with van der Waals surface area (Å²) >= 11 is 0. The van der Waals surface area contributed by atoms with E-state index in [9.17, 15) is 25.0 Å². The van der Waals surface area contributed by atoms with Crippen LogP contribution in [0.25, 0.3) is 0 Å². The molecule has 0 saturated carbocycles. The molecule has 0 heterocycles. The molecule has 2 aromatic rings. The van der Waals surface area contributed by atoms with Crippen LogP contribution in [0.4, 0.5) is 22.7 Å². The Balaban J connectivity index is 2.05. The lowest BCUT2D eigenvalue weighted by atomic mass is 10.2. The molecule has 0 atom stereocenters. The molecule has 10 heteroatoms. The first-order valence-electron chi connectivity index (χ1n) is 7.08. The zero-order chi connectivity index (χ0) is 19.1. The van der Waals surface area contributed by atoms with Gasteiger partial charge in [-0.3, -0.25) is 25.0 Å². The summed E-state index contributed by atoms with van der Waals surface area (Å²) in [6.45, 7) is 0. The Labute approximate surface area is 146 Å². The van der Waals surface area contributed by atoms with Crippen molar-refractivity contribution in [2.24, 2.45) is 0 Å². The second-order valence-electron chi connectivity index (χ2n) is 4.88. The summed E-state index contributed by atoms with van der Waals surface area (Å²) in [6.07, 6.45) is 1.15. The minimum absolute atomic E-state index is 0.0871. The van der Waals surface area contributed by atoms with Gasteiger partial charge in [0.25, 0.3) is 17.3 Å². The highest BCUT2D eigenvalue weighted by Crippen LogP contribution is 2.17. The lowest BCUT2D eigenvalue weighted by Crippen LogP contribution is -2.14. The lowest BCUT2D eigenvalue weighted by molar-refractivity contribution is -0.385. The topological polar surface area (TPSA) is 151 Å². The highest BCUT2D eigenvalue weighted by Gasteiger charge is 2.11. The molecule has 0 aliphatic rings. The number of nitro groups is 2. The van der Waals surface area contributed by atoms with Gasteiger partial charge in [0.05, 0.1) is 9.85 Å². The Morgan fingerprint density at radius 2 is 1.38 bits per heavy atom. The molecule has 130 valence electrons. The number of hydrogen-bond acceptors (Lipinski definition) is 7. The first-order chi connectivity index (χ1) is 12.4. The number of carbonyl (C=O) groups is 1. The van der Waals surface area contributed by atoms with Gasteiger partial charge in [-0.1, -0.05) is 0 Å². The fourth-order valence-corrected chi connectivity index (χ4v) is 1.85. The maximum Gasteiger partial charge on any atom is 0.269 e. The van der Waals surface area contributed by atoms with E-state index in [4.69, 9.17) is 5.26 Å². The van der Waals surface area contributed by atoms with E-state index in [0.717, 1.165) is 6.20 Å². The first kappa shape index (κ1) is 18.1. The highest BCUT2D eigenvalue weighted by molar-refractivity contribution is 6.06. The predicted molar refractivity (Wildman–Crippen MR) is 92.1 cm³/mol. The van der Waals surface area contributed by atoms with Crippen LogP contribution in [-0.4, -0.2) is 15.8 Å². The second-order valence-corrected chi connectivity index (χ2v) is 4.88. The number of nitro benzene ring substituents is 2. The third-order valence-corrected chi connectivity index (χ3v) is 3.16. The SMILES string of the molecule is N#C/C(=C/Nc1ccc([N+](=O)[O-])cc1)C(=O)Nc1ccc([N+](=O)[O-])cc1. The number of non-ortho nitro benzene ring substituents is 2. The van der Waals surface area contributed by atoms with Gasteiger partial charge in [-0.05, 0) is 24.3 Å². The molecule has 0 aromatic heterocycles. The van der Waals surface area contributed by atoms with Gasteiger partial charge in [0.15, 0.2) is 0 Å². The summed E-state index contributed by atoms with van der Waals surface area (Å²) in [5, 5.41) is 35.4. The molecule has 0 aliphatic heterocycles. The van der Waals surface area contributed by atoms with E-state index in [0.29, 0.717) is 5.69 Å². The number of nitriles is 1. The van der Waals surface area contributed by atoms with Crippen LogP contribution in [0, 0.1) is 31.6 Å². The normalized spacial score (nSPS) is 10.5. The molecule has 0 spiro atoms. The maximum atomic E-state index is 12.1. The van der Waals surface area contributed by atoms with E-state index in [1.54, 1.807) is 6.07 Å². The van der Waals surface area contributed by atoms with E-state index >= 15 is 0 Å². The summed E-state index contributed by atoms with van der Waals surface area (Å²) in [7, 11) is 0. The maximum absolute atomic E-state index is 12.1. The van der Waals surface area contributed by atoms with Crippen LogP contribution in [0.5, 0.6) is 0 Å². The van der Waals surface area contributed by atoms with Crippen LogP contribution < -0.4 is 10.6 Å². The lowest BCUT2D eigenvalue weighted by Gasteiger charge is -2.05. The van der Waals surface area contributed by atoms with Crippen molar-refractivity contribution < 1.29 is 14.6 Å². The van der Waals surface area contributed by atoms with Gasteiger partial charge in [0, 0.05) is 41.8 Å². The number of hydrogen-bond donors (Lipinski definition) is 2. The number of carbonyl (C=O) groups excluding carboxylic acids is 1. The van der Waals surface area contributed by atoms with Crippen molar-refractivity contribution in [2.45, 2.75) is 0 Å². The molecule has 0 aliphatic carbocycles. The number of anilines is 2. The number of benzene rings is 2. The van der Waals surface area contributed by atoms with E-state index in [-0.39, 0.29) is 22.6 Å². The molecule has 10 nitrogen and oxygen atoms in total. The van der Waals surface area contributed by atoms with Gasteiger partial charge >= 0.3 is 0 Å². The van der Waals surface area contributed by atoms with Crippen molar-refractivity contribution in [1.29, 1.82) is 5.26 Å². The Bertz CT molecular complexity index is 914. The molecule has 2 aromatic carbocycles. The van der Waals surface area contributed by atoms with Crippen molar-refractivity contribution in [2.75, 3.05) is 10.6 Å². The zero-order valence-electron chi connectivity index (χ0n) is 13.1. The number of nitrogens with zero attached hydrogens (tertiary/aromatic N) is 3. The Morgan fingerprint density at radius 3 is 1.81 bits per heavy atom. The highest BCUT2D eigenvalue weighted by atomic mass is 16.6. The molecule has 26 heavy (non-hydrogen) atoms. The quantitative estimate of drug-likeness (QED) is 0.350. The molecular weight excluding hydrogens is 342 g/mol. The zero-order valence-corrected chi connectivity index (χ0v) is 13.1. The van der Waals surface area contributed by atoms with Crippen LogP contribution >= 0.6 is 0 Å². The number of rotatable bonds is 6. The van der Waals surface area contributed by atoms with Gasteiger partial charge in [0.1, 0.15) is 11.6 Å². The Morgan fingerprint density at radius 1 is 0.923 bits per heavy atom. The van der Waals surface area contributed by atoms with Crippen LogP contribution in [0.1, 0.15) is 0 Å². The van der Waals surface area contributed by atoms with E-state index in [1.807, 2.05) is 0 Å². The molecular formula is C16H11N5O5. The fraction of sp³-hybridized carbons (Fsp3) is 0. The largest absolute Gasteiger partial charge is 0.360 e.